The lowest BCUT2D eigenvalue weighted by Gasteiger charge is -2.14. The predicted octanol–water partition coefficient (Wildman–Crippen LogP) is 5.54. The number of aliphatic carboxylic acids is 1. The van der Waals surface area contributed by atoms with E-state index < -0.39 is 11.9 Å². The molecule has 0 fully saturated rings. The number of halogens is 2. The van der Waals surface area contributed by atoms with Gasteiger partial charge in [-0.25, -0.2) is 4.98 Å². The first-order chi connectivity index (χ1) is 12.4. The highest BCUT2D eigenvalue weighted by atomic mass is 35.5. The highest BCUT2D eigenvalue weighted by Gasteiger charge is 2.20. The minimum atomic E-state index is -0.857. The summed E-state index contributed by atoms with van der Waals surface area (Å²) in [5.41, 5.74) is 2.74. The van der Waals surface area contributed by atoms with Gasteiger partial charge in [0.15, 0.2) is 5.15 Å². The van der Waals surface area contributed by atoms with Gasteiger partial charge in [0.25, 0.3) is 0 Å². The fourth-order valence-corrected chi connectivity index (χ4v) is 4.06. The number of carbonyl (C=O) groups is 1. The summed E-state index contributed by atoms with van der Waals surface area (Å²) in [5.74, 6) is -0.662. The van der Waals surface area contributed by atoms with E-state index in [0.29, 0.717) is 23.1 Å². The Labute approximate surface area is 166 Å². The molecule has 0 saturated carbocycles. The van der Waals surface area contributed by atoms with Gasteiger partial charge in [-0.3, -0.25) is 4.79 Å². The van der Waals surface area contributed by atoms with Crippen LogP contribution in [0.5, 0.6) is 0 Å². The molecule has 0 aliphatic carbocycles. The van der Waals surface area contributed by atoms with Crippen molar-refractivity contribution in [3.05, 3.63) is 63.0 Å². The molecule has 0 bridgehead atoms. The van der Waals surface area contributed by atoms with E-state index >= 15 is 0 Å². The van der Waals surface area contributed by atoms with Crippen molar-refractivity contribution in [2.75, 3.05) is 0 Å². The average Bonchev–Trinajstić information content (AvgIpc) is 3.20. The highest BCUT2D eigenvalue weighted by molar-refractivity contribution is 7.13. The lowest BCUT2D eigenvalue weighted by atomic mass is 10.1. The van der Waals surface area contributed by atoms with Crippen LogP contribution >= 0.6 is 34.5 Å². The molecule has 2 heterocycles. The summed E-state index contributed by atoms with van der Waals surface area (Å²) in [7, 11) is 0. The minimum absolute atomic E-state index is 0.319. The molecule has 1 unspecified atom stereocenters. The number of imidazole rings is 1. The summed E-state index contributed by atoms with van der Waals surface area (Å²) < 4.78 is 1.94. The Kier molecular flexibility index (Phi) is 5.70. The number of carboxylic acid groups (broad SMARTS) is 1. The highest BCUT2D eigenvalue weighted by Crippen LogP contribution is 2.30. The Morgan fingerprint density at radius 2 is 2.12 bits per heavy atom. The molecule has 1 N–H and O–H groups in total. The van der Waals surface area contributed by atoms with E-state index in [9.17, 15) is 9.90 Å². The smallest absolute Gasteiger partial charge is 0.306 e. The molecule has 0 aliphatic heterocycles. The Hall–Kier alpha value is -1.82. The third kappa shape index (κ3) is 3.95. The average molecular weight is 409 g/mol. The summed E-state index contributed by atoms with van der Waals surface area (Å²) in [6, 6.07) is 10.1. The van der Waals surface area contributed by atoms with Crippen LogP contribution in [0.3, 0.4) is 0 Å². The van der Waals surface area contributed by atoms with Crippen LogP contribution in [-0.2, 0) is 17.8 Å². The minimum Gasteiger partial charge on any atom is -0.481 e. The topological polar surface area (TPSA) is 55.1 Å². The number of hydrogen-bond donors (Lipinski definition) is 1. The van der Waals surface area contributed by atoms with Gasteiger partial charge in [-0.2, -0.15) is 0 Å². The first-order valence-corrected chi connectivity index (χ1v) is 9.77. The lowest BCUT2D eigenvalue weighted by molar-refractivity contribution is -0.141. The van der Waals surface area contributed by atoms with Crippen molar-refractivity contribution in [2.24, 2.45) is 5.92 Å². The van der Waals surface area contributed by atoms with Crippen molar-refractivity contribution in [1.82, 2.24) is 9.55 Å². The molecule has 3 aromatic rings. The summed E-state index contributed by atoms with van der Waals surface area (Å²) in [6.07, 6.45) is 0.319. The fraction of sp³-hybridized carbons (Fsp3) is 0.263. The van der Waals surface area contributed by atoms with E-state index in [1.165, 1.54) is 0 Å². The number of rotatable bonds is 6. The number of benzene rings is 1. The molecule has 0 radical (unpaired) electrons. The Morgan fingerprint density at radius 1 is 1.35 bits per heavy atom. The number of nitrogens with zero attached hydrogens (tertiary/aromatic N) is 2. The molecule has 3 rings (SSSR count). The second-order valence-electron chi connectivity index (χ2n) is 6.21. The number of hydrogen-bond acceptors (Lipinski definition) is 3. The van der Waals surface area contributed by atoms with Crippen LogP contribution in [-0.4, -0.2) is 20.6 Å². The summed E-state index contributed by atoms with van der Waals surface area (Å²) >= 11 is 14.4. The van der Waals surface area contributed by atoms with Crippen LogP contribution in [0.15, 0.2) is 35.7 Å². The van der Waals surface area contributed by atoms with E-state index in [0.717, 1.165) is 27.5 Å². The van der Waals surface area contributed by atoms with E-state index in [1.807, 2.05) is 41.1 Å². The van der Waals surface area contributed by atoms with Gasteiger partial charge in [0.1, 0.15) is 5.82 Å². The maximum atomic E-state index is 11.2. The van der Waals surface area contributed by atoms with Crippen molar-refractivity contribution in [2.45, 2.75) is 26.8 Å². The second kappa shape index (κ2) is 7.82. The number of aryl methyl sites for hydroxylation is 1. The lowest BCUT2D eigenvalue weighted by Crippen LogP contribution is -2.16. The molecule has 0 aliphatic rings. The van der Waals surface area contributed by atoms with Gasteiger partial charge in [-0.05, 0) is 35.6 Å². The van der Waals surface area contributed by atoms with Crippen molar-refractivity contribution >= 4 is 40.5 Å². The third-order valence-electron chi connectivity index (χ3n) is 4.32. The molecule has 7 heteroatoms. The maximum Gasteiger partial charge on any atom is 0.306 e. The number of carboxylic acids is 1. The zero-order chi connectivity index (χ0) is 18.8. The van der Waals surface area contributed by atoms with Crippen LogP contribution < -0.4 is 0 Å². The van der Waals surface area contributed by atoms with Gasteiger partial charge in [-0.1, -0.05) is 48.3 Å². The van der Waals surface area contributed by atoms with E-state index in [1.54, 1.807) is 18.3 Å². The summed E-state index contributed by atoms with van der Waals surface area (Å²) in [6.45, 7) is 4.01. The zero-order valence-corrected chi connectivity index (χ0v) is 16.7. The van der Waals surface area contributed by atoms with Crippen LogP contribution in [0, 0.1) is 12.8 Å². The van der Waals surface area contributed by atoms with Crippen LogP contribution in [0.25, 0.3) is 10.4 Å². The number of thiophene rings is 1. The van der Waals surface area contributed by atoms with Gasteiger partial charge in [0, 0.05) is 16.3 Å². The van der Waals surface area contributed by atoms with E-state index in [-0.39, 0.29) is 0 Å². The Bertz CT molecular complexity index is 935. The van der Waals surface area contributed by atoms with Crippen molar-refractivity contribution in [3.63, 3.8) is 0 Å². The maximum absolute atomic E-state index is 11.2. The Balaban J connectivity index is 1.90. The van der Waals surface area contributed by atoms with Crippen LogP contribution in [0.2, 0.25) is 10.2 Å². The molecule has 0 spiro atoms. The first-order valence-electron chi connectivity index (χ1n) is 8.13. The molecule has 2 aromatic heterocycles. The van der Waals surface area contributed by atoms with Gasteiger partial charge in [0.05, 0.1) is 18.2 Å². The molecule has 136 valence electrons. The Morgan fingerprint density at radius 3 is 2.73 bits per heavy atom. The molecular weight excluding hydrogens is 391 g/mol. The van der Waals surface area contributed by atoms with Gasteiger partial charge in [-0.15, -0.1) is 11.3 Å². The van der Waals surface area contributed by atoms with Gasteiger partial charge < -0.3 is 9.67 Å². The molecule has 1 atom stereocenters. The number of aromatic nitrogens is 2. The fourth-order valence-electron chi connectivity index (χ4n) is 2.80. The van der Waals surface area contributed by atoms with E-state index in [2.05, 4.69) is 11.1 Å². The van der Waals surface area contributed by atoms with Crippen molar-refractivity contribution < 1.29 is 9.90 Å². The SMILES string of the molecule is Cc1nc(Cl)c(CC(C)C(=O)O)n1Cc1ccc(-c2cccs2)cc1Cl. The normalized spacial score (nSPS) is 12.3. The third-order valence-corrected chi connectivity index (χ3v) is 5.90. The molecule has 0 saturated heterocycles. The first kappa shape index (κ1) is 19.0. The summed E-state index contributed by atoms with van der Waals surface area (Å²) in [5, 5.41) is 12.2. The molecule has 0 amide bonds. The van der Waals surface area contributed by atoms with Gasteiger partial charge >= 0.3 is 5.97 Å². The largest absolute Gasteiger partial charge is 0.481 e. The van der Waals surface area contributed by atoms with Crippen LogP contribution in [0.4, 0.5) is 0 Å². The molecular formula is C19H18Cl2N2O2S. The summed E-state index contributed by atoms with van der Waals surface area (Å²) in [4.78, 5) is 16.7. The predicted molar refractivity (Wildman–Crippen MR) is 106 cm³/mol. The standard InChI is InChI=1S/C19H18Cl2N2O2S/c1-11(19(24)25)8-16-18(21)22-12(2)23(16)10-14-6-5-13(9-15(14)20)17-4-3-7-26-17/h3-7,9,11H,8,10H2,1-2H3,(H,24,25). The van der Waals surface area contributed by atoms with Crippen LogP contribution in [0.1, 0.15) is 24.0 Å². The molecule has 1 aromatic carbocycles. The van der Waals surface area contributed by atoms with Crippen molar-refractivity contribution in [1.29, 1.82) is 0 Å². The van der Waals surface area contributed by atoms with Gasteiger partial charge in [0.2, 0.25) is 0 Å². The quantitative estimate of drug-likeness (QED) is 0.582. The molecule has 26 heavy (non-hydrogen) atoms. The second-order valence-corrected chi connectivity index (χ2v) is 7.92. The molecule has 4 nitrogen and oxygen atoms in total. The van der Waals surface area contributed by atoms with E-state index in [4.69, 9.17) is 23.2 Å². The zero-order valence-electron chi connectivity index (χ0n) is 14.4. The monoisotopic (exact) mass is 408 g/mol. The van der Waals surface area contributed by atoms with Crippen molar-refractivity contribution in [3.8, 4) is 10.4 Å².